The van der Waals surface area contributed by atoms with Crippen LogP contribution in [0.2, 0.25) is 0 Å². The zero-order valence-electron chi connectivity index (χ0n) is 14.3. The number of nitrogens with one attached hydrogen (secondary N) is 1. The Kier molecular flexibility index (Phi) is 6.08. The topological polar surface area (TPSA) is 95.1 Å². The number of aromatic nitrogens is 3. The molecule has 130 valence electrons. The number of nitrogens with zero attached hydrogens (tertiary/aromatic N) is 3. The van der Waals surface area contributed by atoms with E-state index in [0.717, 1.165) is 5.75 Å². The van der Waals surface area contributed by atoms with E-state index >= 15 is 0 Å². The number of benzene rings is 1. The zero-order chi connectivity index (χ0) is 17.7. The largest absolute Gasteiger partial charge is 0.494 e. The van der Waals surface area contributed by atoms with E-state index in [4.69, 9.17) is 10.6 Å². The van der Waals surface area contributed by atoms with E-state index in [9.17, 15) is 4.79 Å². The molecule has 0 aliphatic rings. The Balaban J connectivity index is 1.97. The molecule has 1 atom stereocenters. The fourth-order valence-electron chi connectivity index (χ4n) is 2.02. The van der Waals surface area contributed by atoms with Crippen LogP contribution in [0.4, 0.5) is 5.69 Å². The van der Waals surface area contributed by atoms with Crippen molar-refractivity contribution in [1.82, 2.24) is 14.9 Å². The van der Waals surface area contributed by atoms with E-state index in [1.54, 1.807) is 6.92 Å². The Hall–Kier alpha value is -2.22. The maximum atomic E-state index is 12.3. The zero-order valence-corrected chi connectivity index (χ0v) is 15.1. The molecule has 0 aliphatic heterocycles. The molecule has 7 nitrogen and oxygen atoms in total. The molecule has 2 aromatic rings. The third-order valence-corrected chi connectivity index (χ3v) is 4.35. The van der Waals surface area contributed by atoms with Crippen molar-refractivity contribution in [2.45, 2.75) is 44.0 Å². The summed E-state index contributed by atoms with van der Waals surface area (Å²) in [4.78, 5) is 12.3. The number of anilines is 1. The van der Waals surface area contributed by atoms with Crippen molar-refractivity contribution in [1.29, 1.82) is 0 Å². The fourth-order valence-corrected chi connectivity index (χ4v) is 2.80. The van der Waals surface area contributed by atoms with Gasteiger partial charge in [-0.2, -0.15) is 0 Å². The van der Waals surface area contributed by atoms with E-state index in [1.807, 2.05) is 45.0 Å². The van der Waals surface area contributed by atoms with Gasteiger partial charge >= 0.3 is 0 Å². The van der Waals surface area contributed by atoms with E-state index < -0.39 is 0 Å². The molecule has 1 aromatic heterocycles. The van der Waals surface area contributed by atoms with Crippen molar-refractivity contribution < 1.29 is 9.53 Å². The summed E-state index contributed by atoms with van der Waals surface area (Å²) in [6.45, 7) is 8.32. The summed E-state index contributed by atoms with van der Waals surface area (Å²) in [5, 5.41) is 11.1. The molecular formula is C16H23N5O2S. The van der Waals surface area contributed by atoms with E-state index in [2.05, 4.69) is 15.5 Å². The average molecular weight is 349 g/mol. The minimum absolute atomic E-state index is 0.127. The molecule has 0 fully saturated rings. The molecule has 2 rings (SSSR count). The predicted molar refractivity (Wildman–Crippen MR) is 95.8 cm³/mol. The van der Waals surface area contributed by atoms with Gasteiger partial charge in [0.25, 0.3) is 0 Å². The van der Waals surface area contributed by atoms with Gasteiger partial charge in [0.2, 0.25) is 11.1 Å². The monoisotopic (exact) mass is 349 g/mol. The lowest BCUT2D eigenvalue weighted by atomic mass is 10.2. The normalized spacial score (nSPS) is 12.2. The Bertz CT molecular complexity index is 684. The first-order valence-electron chi connectivity index (χ1n) is 7.83. The summed E-state index contributed by atoms with van der Waals surface area (Å²) < 4.78 is 6.82. The third kappa shape index (κ3) is 4.41. The van der Waals surface area contributed by atoms with Crippen LogP contribution in [0.15, 0.2) is 29.4 Å². The number of amides is 1. The lowest BCUT2D eigenvalue weighted by molar-refractivity contribution is -0.115. The first-order valence-corrected chi connectivity index (χ1v) is 8.71. The molecule has 0 spiro atoms. The van der Waals surface area contributed by atoms with Gasteiger partial charge < -0.3 is 15.9 Å². The van der Waals surface area contributed by atoms with Crippen molar-refractivity contribution in [2.75, 3.05) is 17.8 Å². The lowest BCUT2D eigenvalue weighted by Gasteiger charge is -2.12. The summed E-state index contributed by atoms with van der Waals surface area (Å²) in [6, 6.07) is 7.26. The smallest absolute Gasteiger partial charge is 0.237 e. The van der Waals surface area contributed by atoms with Crippen LogP contribution in [0.3, 0.4) is 0 Å². The maximum Gasteiger partial charge on any atom is 0.237 e. The van der Waals surface area contributed by atoms with Crippen LogP contribution < -0.4 is 15.9 Å². The lowest BCUT2D eigenvalue weighted by Crippen LogP contribution is -2.24. The molecule has 3 N–H and O–H groups in total. The van der Waals surface area contributed by atoms with Crippen molar-refractivity contribution in [3.63, 3.8) is 0 Å². The van der Waals surface area contributed by atoms with Gasteiger partial charge in [0.15, 0.2) is 5.82 Å². The second-order valence-corrected chi connectivity index (χ2v) is 6.88. The minimum atomic E-state index is -0.358. The quantitative estimate of drug-likeness (QED) is 0.589. The van der Waals surface area contributed by atoms with Gasteiger partial charge in [-0.25, -0.2) is 4.68 Å². The number of ether oxygens (including phenoxy) is 1. The number of carbonyl (C=O) groups is 1. The molecule has 24 heavy (non-hydrogen) atoms. The van der Waals surface area contributed by atoms with Crippen molar-refractivity contribution in [3.8, 4) is 5.75 Å². The van der Waals surface area contributed by atoms with Gasteiger partial charge in [-0.3, -0.25) is 4.79 Å². The Labute approximate surface area is 145 Å². The van der Waals surface area contributed by atoms with Crippen LogP contribution in [0.1, 0.15) is 39.4 Å². The average Bonchev–Trinajstić information content (AvgIpc) is 2.90. The molecule has 0 unspecified atom stereocenters. The molecule has 0 aliphatic carbocycles. The SMILES string of the molecule is CCOc1ccc(NC(=O)[C@H](C)Sc2nnc(C(C)C)n2N)cc1. The fraction of sp³-hybridized carbons (Fsp3) is 0.438. The van der Waals surface area contributed by atoms with Crippen LogP contribution in [0.5, 0.6) is 5.75 Å². The van der Waals surface area contributed by atoms with Crippen LogP contribution in [-0.2, 0) is 4.79 Å². The molecule has 0 bridgehead atoms. The van der Waals surface area contributed by atoms with Crippen molar-refractivity contribution in [2.24, 2.45) is 0 Å². The first-order chi connectivity index (χ1) is 11.4. The predicted octanol–water partition coefficient (Wildman–Crippen LogP) is 2.63. The van der Waals surface area contributed by atoms with Gasteiger partial charge in [-0.05, 0) is 38.1 Å². The highest BCUT2D eigenvalue weighted by atomic mass is 32.2. The Morgan fingerprint density at radius 3 is 2.50 bits per heavy atom. The Morgan fingerprint density at radius 2 is 1.96 bits per heavy atom. The minimum Gasteiger partial charge on any atom is -0.494 e. The van der Waals surface area contributed by atoms with Crippen LogP contribution in [0.25, 0.3) is 0 Å². The molecule has 1 amide bonds. The molecule has 1 heterocycles. The molecule has 0 saturated heterocycles. The highest BCUT2D eigenvalue weighted by Crippen LogP contribution is 2.24. The third-order valence-electron chi connectivity index (χ3n) is 3.29. The molecule has 0 radical (unpaired) electrons. The van der Waals surface area contributed by atoms with Crippen molar-refractivity contribution >= 4 is 23.4 Å². The van der Waals surface area contributed by atoms with E-state index in [1.165, 1.54) is 16.4 Å². The number of carbonyl (C=O) groups excluding carboxylic acids is 1. The number of hydrogen-bond acceptors (Lipinski definition) is 6. The molecule has 1 aromatic carbocycles. The van der Waals surface area contributed by atoms with Gasteiger partial charge in [0.05, 0.1) is 11.9 Å². The standard InChI is InChI=1S/C16H23N5O2S/c1-5-23-13-8-6-12(7-9-13)18-15(22)11(4)24-16-20-19-14(10(2)3)21(16)17/h6-11H,5,17H2,1-4H3,(H,18,22)/t11-/m0/s1. The molecular weight excluding hydrogens is 326 g/mol. The maximum absolute atomic E-state index is 12.3. The molecule has 0 saturated carbocycles. The summed E-state index contributed by atoms with van der Waals surface area (Å²) in [5.74, 6) is 7.48. The van der Waals surface area contributed by atoms with Crippen LogP contribution in [-0.4, -0.2) is 32.6 Å². The summed E-state index contributed by atoms with van der Waals surface area (Å²) in [5.41, 5.74) is 0.716. The Morgan fingerprint density at radius 1 is 1.29 bits per heavy atom. The van der Waals surface area contributed by atoms with Crippen LogP contribution in [0, 0.1) is 0 Å². The first kappa shape index (κ1) is 18.1. The summed E-state index contributed by atoms with van der Waals surface area (Å²) in [7, 11) is 0. The highest BCUT2D eigenvalue weighted by molar-refractivity contribution is 8.00. The van der Waals surface area contributed by atoms with E-state index in [0.29, 0.717) is 23.3 Å². The second kappa shape index (κ2) is 8.05. The number of nitrogen functional groups attached to an aromatic ring is 1. The number of nitrogens with two attached hydrogens (primary N) is 1. The number of thioether (sulfide) groups is 1. The van der Waals surface area contributed by atoms with Crippen molar-refractivity contribution in [3.05, 3.63) is 30.1 Å². The highest BCUT2D eigenvalue weighted by Gasteiger charge is 2.20. The van der Waals surface area contributed by atoms with E-state index in [-0.39, 0.29) is 17.1 Å². The van der Waals surface area contributed by atoms with Crippen LogP contribution >= 0.6 is 11.8 Å². The van der Waals surface area contributed by atoms with Gasteiger partial charge in [0.1, 0.15) is 5.75 Å². The van der Waals surface area contributed by atoms with Gasteiger partial charge in [-0.15, -0.1) is 10.2 Å². The van der Waals surface area contributed by atoms with Gasteiger partial charge in [0, 0.05) is 11.6 Å². The summed E-state index contributed by atoms with van der Waals surface area (Å²) >= 11 is 1.27. The number of rotatable bonds is 7. The molecule has 8 heteroatoms. The second-order valence-electron chi connectivity index (χ2n) is 5.57. The number of hydrogen-bond donors (Lipinski definition) is 2. The van der Waals surface area contributed by atoms with Gasteiger partial charge in [-0.1, -0.05) is 25.6 Å². The summed E-state index contributed by atoms with van der Waals surface area (Å²) in [6.07, 6.45) is 0.